The molecule has 0 saturated carbocycles. The minimum atomic E-state index is -0.653. The Balaban J connectivity index is 2.24. The quantitative estimate of drug-likeness (QED) is 0.867. The Morgan fingerprint density at radius 3 is 2.78 bits per heavy atom. The molecule has 18 heavy (non-hydrogen) atoms. The Morgan fingerprint density at radius 2 is 2.22 bits per heavy atom. The molecule has 0 aliphatic heterocycles. The third-order valence-electron chi connectivity index (χ3n) is 2.50. The SMILES string of the molecule is Cc1ccn(Cc2nc(C(C)(C)N)no2)c(=O)c1. The topological polar surface area (TPSA) is 86.9 Å². The van der Waals surface area contributed by atoms with E-state index in [2.05, 4.69) is 10.1 Å². The van der Waals surface area contributed by atoms with Gasteiger partial charge in [-0.15, -0.1) is 0 Å². The van der Waals surface area contributed by atoms with E-state index in [0.717, 1.165) is 5.56 Å². The summed E-state index contributed by atoms with van der Waals surface area (Å²) >= 11 is 0. The molecule has 96 valence electrons. The van der Waals surface area contributed by atoms with Crippen molar-refractivity contribution < 1.29 is 4.52 Å². The lowest BCUT2D eigenvalue weighted by atomic mass is 10.1. The summed E-state index contributed by atoms with van der Waals surface area (Å²) in [6.07, 6.45) is 1.70. The molecule has 0 radical (unpaired) electrons. The lowest BCUT2D eigenvalue weighted by Crippen LogP contribution is -2.30. The van der Waals surface area contributed by atoms with Crippen molar-refractivity contribution in [2.24, 2.45) is 5.73 Å². The number of hydrogen-bond acceptors (Lipinski definition) is 5. The van der Waals surface area contributed by atoms with Crippen LogP contribution in [-0.2, 0) is 12.1 Å². The smallest absolute Gasteiger partial charge is 0.251 e. The molecular formula is C12H16N4O2. The van der Waals surface area contributed by atoms with E-state index >= 15 is 0 Å². The maximum absolute atomic E-state index is 11.7. The molecule has 6 heteroatoms. The van der Waals surface area contributed by atoms with E-state index in [1.165, 1.54) is 4.57 Å². The van der Waals surface area contributed by atoms with Gasteiger partial charge in [-0.25, -0.2) is 0 Å². The maximum Gasteiger partial charge on any atom is 0.251 e. The van der Waals surface area contributed by atoms with Gasteiger partial charge in [0.25, 0.3) is 5.56 Å². The molecule has 0 amide bonds. The van der Waals surface area contributed by atoms with Crippen molar-refractivity contribution in [3.05, 3.63) is 46.0 Å². The second-order valence-corrected chi connectivity index (χ2v) is 4.90. The fourth-order valence-corrected chi connectivity index (χ4v) is 1.46. The van der Waals surface area contributed by atoms with E-state index < -0.39 is 5.54 Å². The second kappa shape index (κ2) is 4.38. The zero-order valence-corrected chi connectivity index (χ0v) is 10.7. The van der Waals surface area contributed by atoms with Crippen LogP contribution in [0.2, 0.25) is 0 Å². The van der Waals surface area contributed by atoms with E-state index in [4.69, 9.17) is 10.3 Å². The molecule has 2 aromatic heterocycles. The highest BCUT2D eigenvalue weighted by Crippen LogP contribution is 2.12. The summed E-state index contributed by atoms with van der Waals surface area (Å²) in [4.78, 5) is 15.9. The number of aryl methyl sites for hydroxylation is 1. The molecule has 2 N–H and O–H groups in total. The molecule has 6 nitrogen and oxygen atoms in total. The monoisotopic (exact) mass is 248 g/mol. The highest BCUT2D eigenvalue weighted by molar-refractivity contribution is 5.09. The predicted molar refractivity (Wildman–Crippen MR) is 66.1 cm³/mol. The molecule has 0 fully saturated rings. The van der Waals surface area contributed by atoms with Gasteiger partial charge in [0.05, 0.1) is 5.54 Å². The van der Waals surface area contributed by atoms with Crippen molar-refractivity contribution in [3.8, 4) is 0 Å². The number of nitrogens with two attached hydrogens (primary N) is 1. The van der Waals surface area contributed by atoms with Gasteiger partial charge < -0.3 is 14.8 Å². The third kappa shape index (κ3) is 2.65. The van der Waals surface area contributed by atoms with Crippen LogP contribution >= 0.6 is 0 Å². The minimum Gasteiger partial charge on any atom is -0.337 e. The lowest BCUT2D eigenvalue weighted by Gasteiger charge is -2.11. The molecule has 0 aromatic carbocycles. The first-order valence-corrected chi connectivity index (χ1v) is 5.65. The zero-order valence-electron chi connectivity index (χ0n) is 10.7. The van der Waals surface area contributed by atoms with Gasteiger partial charge in [0, 0.05) is 12.3 Å². The van der Waals surface area contributed by atoms with Gasteiger partial charge in [-0.3, -0.25) is 4.79 Å². The van der Waals surface area contributed by atoms with Crippen LogP contribution in [-0.4, -0.2) is 14.7 Å². The van der Waals surface area contributed by atoms with Crippen molar-refractivity contribution in [3.63, 3.8) is 0 Å². The van der Waals surface area contributed by atoms with Crippen LogP contribution in [0.1, 0.15) is 31.1 Å². The van der Waals surface area contributed by atoms with Crippen molar-refractivity contribution in [2.45, 2.75) is 32.9 Å². The Kier molecular flexibility index (Phi) is 3.04. The minimum absolute atomic E-state index is 0.0956. The van der Waals surface area contributed by atoms with Gasteiger partial charge in [-0.05, 0) is 32.4 Å². The van der Waals surface area contributed by atoms with Crippen LogP contribution in [0.15, 0.2) is 27.6 Å². The Bertz CT molecular complexity index is 607. The second-order valence-electron chi connectivity index (χ2n) is 4.90. The standard InChI is InChI=1S/C12H16N4O2/c1-8-4-5-16(10(17)6-8)7-9-14-11(15-18-9)12(2,3)13/h4-6H,7,13H2,1-3H3. The van der Waals surface area contributed by atoms with Crippen LogP contribution in [0, 0.1) is 6.92 Å². The molecule has 0 aliphatic carbocycles. The third-order valence-corrected chi connectivity index (χ3v) is 2.50. The number of aromatic nitrogens is 3. The van der Waals surface area contributed by atoms with Crippen LogP contribution < -0.4 is 11.3 Å². The van der Waals surface area contributed by atoms with E-state index in [1.807, 2.05) is 13.0 Å². The highest BCUT2D eigenvalue weighted by atomic mass is 16.5. The largest absolute Gasteiger partial charge is 0.337 e. The fourth-order valence-electron chi connectivity index (χ4n) is 1.46. The number of pyridine rings is 1. The summed E-state index contributed by atoms with van der Waals surface area (Å²) in [5.41, 5.74) is 6.03. The first-order valence-electron chi connectivity index (χ1n) is 5.65. The first kappa shape index (κ1) is 12.5. The van der Waals surface area contributed by atoms with Gasteiger partial charge in [0.15, 0.2) is 5.82 Å². The van der Waals surface area contributed by atoms with Crippen LogP contribution in [0.3, 0.4) is 0 Å². The van der Waals surface area contributed by atoms with Crippen molar-refractivity contribution in [1.82, 2.24) is 14.7 Å². The van der Waals surface area contributed by atoms with Gasteiger partial charge >= 0.3 is 0 Å². The van der Waals surface area contributed by atoms with Gasteiger partial charge in [-0.2, -0.15) is 4.98 Å². The predicted octanol–water partition coefficient (Wildman–Crippen LogP) is 0.782. The average Bonchev–Trinajstić information content (AvgIpc) is 2.70. The summed E-state index contributed by atoms with van der Waals surface area (Å²) < 4.78 is 6.59. The zero-order chi connectivity index (χ0) is 13.3. The fraction of sp³-hybridized carbons (Fsp3) is 0.417. The van der Waals surface area contributed by atoms with E-state index in [-0.39, 0.29) is 12.1 Å². The Hall–Kier alpha value is -1.95. The molecule has 2 aromatic rings. The highest BCUT2D eigenvalue weighted by Gasteiger charge is 2.21. The number of hydrogen-bond donors (Lipinski definition) is 1. The molecule has 0 atom stereocenters. The van der Waals surface area contributed by atoms with E-state index in [0.29, 0.717) is 11.7 Å². The van der Waals surface area contributed by atoms with Crippen LogP contribution in [0.5, 0.6) is 0 Å². The summed E-state index contributed by atoms with van der Waals surface area (Å²) in [5.74, 6) is 0.798. The van der Waals surface area contributed by atoms with Crippen LogP contribution in [0.25, 0.3) is 0 Å². The summed E-state index contributed by atoms with van der Waals surface area (Å²) in [5, 5.41) is 3.80. The average molecular weight is 248 g/mol. The van der Waals surface area contributed by atoms with Crippen molar-refractivity contribution in [2.75, 3.05) is 0 Å². The molecule has 0 saturated heterocycles. The molecular weight excluding hydrogens is 232 g/mol. The summed E-state index contributed by atoms with van der Waals surface area (Å²) in [6, 6.07) is 3.41. The van der Waals surface area contributed by atoms with Crippen molar-refractivity contribution in [1.29, 1.82) is 0 Å². The van der Waals surface area contributed by atoms with Gasteiger partial charge in [0.2, 0.25) is 5.89 Å². The molecule has 2 rings (SSSR count). The lowest BCUT2D eigenvalue weighted by molar-refractivity contribution is 0.354. The number of rotatable bonds is 3. The Labute approximate surface area is 104 Å². The Morgan fingerprint density at radius 1 is 1.50 bits per heavy atom. The molecule has 0 bridgehead atoms. The van der Waals surface area contributed by atoms with Crippen LogP contribution in [0.4, 0.5) is 0 Å². The van der Waals surface area contributed by atoms with Gasteiger partial charge in [-0.1, -0.05) is 5.16 Å². The normalized spacial score (nSPS) is 11.8. The van der Waals surface area contributed by atoms with E-state index in [9.17, 15) is 4.79 Å². The van der Waals surface area contributed by atoms with Crippen molar-refractivity contribution >= 4 is 0 Å². The first-order chi connectivity index (χ1) is 8.36. The molecule has 0 unspecified atom stereocenters. The van der Waals surface area contributed by atoms with E-state index in [1.54, 1.807) is 26.1 Å². The maximum atomic E-state index is 11.7. The molecule has 2 heterocycles. The number of nitrogens with zero attached hydrogens (tertiary/aromatic N) is 3. The van der Waals surface area contributed by atoms with Gasteiger partial charge in [0.1, 0.15) is 6.54 Å². The molecule has 0 spiro atoms. The summed E-state index contributed by atoms with van der Waals surface area (Å²) in [6.45, 7) is 5.70. The molecule has 0 aliphatic rings. The summed E-state index contributed by atoms with van der Waals surface area (Å²) in [7, 11) is 0.